The van der Waals surface area contributed by atoms with Crippen LogP contribution in [0.15, 0.2) is 70.6 Å². The lowest BCUT2D eigenvalue weighted by molar-refractivity contribution is 0.0997. The van der Waals surface area contributed by atoms with Crippen LogP contribution in [0.4, 0.5) is 5.82 Å². The predicted octanol–water partition coefficient (Wildman–Crippen LogP) is 3.16. The highest BCUT2D eigenvalue weighted by Gasteiger charge is 2.21. The molecule has 3 aromatic heterocycles. The number of nitrogens with zero attached hydrogens (tertiary/aromatic N) is 4. The number of carbonyl (C=O) groups is 1. The topological polar surface area (TPSA) is 128 Å². The van der Waals surface area contributed by atoms with Gasteiger partial charge in [0.1, 0.15) is 17.2 Å². The molecular formula is C21H17N5O4S. The van der Waals surface area contributed by atoms with Crippen molar-refractivity contribution in [1.82, 2.24) is 19.9 Å². The molecule has 0 fully saturated rings. The Morgan fingerprint density at radius 1 is 1.03 bits per heavy atom. The smallest absolute Gasteiger partial charge is 0.294 e. The molecule has 0 aliphatic carbocycles. The lowest BCUT2D eigenvalue weighted by atomic mass is 10.1. The second-order valence-electron chi connectivity index (χ2n) is 6.72. The molecule has 1 N–H and O–H groups in total. The number of pyridine rings is 1. The molecule has 31 heavy (non-hydrogen) atoms. The Kier molecular flexibility index (Phi) is 5.30. The molecule has 0 saturated carbocycles. The molecule has 0 atom stereocenters. The minimum atomic E-state index is -3.33. The van der Waals surface area contributed by atoms with E-state index in [2.05, 4.69) is 25.3 Å². The summed E-state index contributed by atoms with van der Waals surface area (Å²) in [4.78, 5) is 30.0. The van der Waals surface area contributed by atoms with Crippen LogP contribution in [0, 0.1) is 6.92 Å². The number of aromatic nitrogens is 4. The monoisotopic (exact) mass is 435 g/mol. The van der Waals surface area contributed by atoms with E-state index in [1.165, 1.54) is 12.1 Å². The average Bonchev–Trinajstić information content (AvgIpc) is 3.25. The Labute approximate surface area is 178 Å². The Bertz CT molecular complexity index is 1350. The first-order chi connectivity index (χ1) is 14.8. The summed E-state index contributed by atoms with van der Waals surface area (Å²) in [6.45, 7) is 1.77. The summed E-state index contributed by atoms with van der Waals surface area (Å²) < 4.78 is 28.6. The van der Waals surface area contributed by atoms with Gasteiger partial charge in [0, 0.05) is 29.8 Å². The van der Waals surface area contributed by atoms with Crippen molar-refractivity contribution < 1.29 is 17.6 Å². The summed E-state index contributed by atoms with van der Waals surface area (Å²) >= 11 is 0. The van der Waals surface area contributed by atoms with E-state index in [4.69, 9.17) is 4.42 Å². The molecule has 0 radical (unpaired) electrons. The van der Waals surface area contributed by atoms with E-state index in [9.17, 15) is 13.2 Å². The van der Waals surface area contributed by atoms with Crippen molar-refractivity contribution in [1.29, 1.82) is 0 Å². The Hall–Kier alpha value is -3.92. The van der Waals surface area contributed by atoms with E-state index in [0.717, 1.165) is 12.6 Å². The molecule has 0 bridgehead atoms. The van der Waals surface area contributed by atoms with Crippen LogP contribution in [0.1, 0.15) is 16.1 Å². The number of benzene rings is 1. The number of oxazole rings is 1. The first kappa shape index (κ1) is 20.4. The van der Waals surface area contributed by atoms with Gasteiger partial charge < -0.3 is 9.73 Å². The number of anilines is 1. The molecule has 1 aromatic carbocycles. The molecule has 0 aliphatic rings. The SMILES string of the molecule is Cc1cnc(-c2ccccn2)nc1NC(=O)c1ocnc1-c1ccc(S(C)(=O)=O)cc1. The van der Waals surface area contributed by atoms with Crippen LogP contribution >= 0.6 is 0 Å². The van der Waals surface area contributed by atoms with Gasteiger partial charge in [-0.2, -0.15) is 0 Å². The van der Waals surface area contributed by atoms with E-state index in [1.807, 2.05) is 6.07 Å². The summed E-state index contributed by atoms with van der Waals surface area (Å²) in [5, 5.41) is 2.72. The lowest BCUT2D eigenvalue weighted by Crippen LogP contribution is -2.15. The summed E-state index contributed by atoms with van der Waals surface area (Å²) in [6, 6.07) is 11.4. The molecule has 9 nitrogen and oxygen atoms in total. The second kappa shape index (κ2) is 8.07. The molecule has 3 heterocycles. The fourth-order valence-electron chi connectivity index (χ4n) is 2.82. The van der Waals surface area contributed by atoms with Gasteiger partial charge in [-0.25, -0.2) is 23.4 Å². The highest BCUT2D eigenvalue weighted by atomic mass is 32.2. The fourth-order valence-corrected chi connectivity index (χ4v) is 3.45. The quantitative estimate of drug-likeness (QED) is 0.506. The summed E-state index contributed by atoms with van der Waals surface area (Å²) in [6.07, 6.45) is 5.51. The molecule has 0 saturated heterocycles. The van der Waals surface area contributed by atoms with Gasteiger partial charge in [0.15, 0.2) is 22.1 Å². The Morgan fingerprint density at radius 2 is 1.81 bits per heavy atom. The Balaban J connectivity index is 1.62. The molecule has 10 heteroatoms. The van der Waals surface area contributed by atoms with Crippen LogP contribution in [-0.2, 0) is 9.84 Å². The van der Waals surface area contributed by atoms with E-state index in [-0.39, 0.29) is 16.3 Å². The van der Waals surface area contributed by atoms with Crippen molar-refractivity contribution in [3.63, 3.8) is 0 Å². The van der Waals surface area contributed by atoms with E-state index in [1.54, 1.807) is 43.6 Å². The van der Waals surface area contributed by atoms with E-state index < -0.39 is 15.7 Å². The van der Waals surface area contributed by atoms with Crippen LogP contribution < -0.4 is 5.32 Å². The van der Waals surface area contributed by atoms with E-state index in [0.29, 0.717) is 28.5 Å². The largest absolute Gasteiger partial charge is 0.438 e. The number of nitrogens with one attached hydrogen (secondary N) is 1. The minimum absolute atomic E-state index is 0.0236. The molecule has 0 aliphatic heterocycles. The number of sulfone groups is 1. The number of amides is 1. The number of hydrogen-bond acceptors (Lipinski definition) is 8. The van der Waals surface area contributed by atoms with Crippen molar-refractivity contribution >= 4 is 21.6 Å². The maximum atomic E-state index is 12.9. The van der Waals surface area contributed by atoms with Crippen LogP contribution in [0.3, 0.4) is 0 Å². The molecule has 4 rings (SSSR count). The highest BCUT2D eigenvalue weighted by molar-refractivity contribution is 7.90. The molecular weight excluding hydrogens is 418 g/mol. The number of carbonyl (C=O) groups excluding carboxylic acids is 1. The molecule has 4 aromatic rings. The van der Waals surface area contributed by atoms with Crippen molar-refractivity contribution in [3.05, 3.63) is 72.6 Å². The van der Waals surface area contributed by atoms with Gasteiger partial charge in [-0.1, -0.05) is 18.2 Å². The second-order valence-corrected chi connectivity index (χ2v) is 8.74. The van der Waals surface area contributed by atoms with Crippen LogP contribution in [-0.4, -0.2) is 40.5 Å². The van der Waals surface area contributed by atoms with Gasteiger partial charge in [-0.05, 0) is 31.2 Å². The standard InChI is InChI=1S/C21H17N5O4S/c1-13-11-23-20(16-5-3-4-10-22-16)25-19(13)26-21(27)18-17(24-12-30-18)14-6-8-15(9-7-14)31(2,28)29/h3-12H,1-2H3,(H,23,25,26,27). The van der Waals surface area contributed by atoms with Gasteiger partial charge >= 0.3 is 0 Å². The maximum Gasteiger partial charge on any atom is 0.294 e. The molecule has 1 amide bonds. The molecule has 0 unspecified atom stereocenters. The summed E-state index contributed by atoms with van der Waals surface area (Å²) in [5.41, 5.74) is 2.06. The van der Waals surface area contributed by atoms with E-state index >= 15 is 0 Å². The molecule has 156 valence electrons. The fraction of sp³-hybridized carbons (Fsp3) is 0.0952. The van der Waals surface area contributed by atoms with Crippen LogP contribution in [0.5, 0.6) is 0 Å². The maximum absolute atomic E-state index is 12.9. The molecule has 0 spiro atoms. The zero-order valence-electron chi connectivity index (χ0n) is 16.6. The first-order valence-corrected chi connectivity index (χ1v) is 11.0. The van der Waals surface area contributed by atoms with Gasteiger partial charge in [0.05, 0.1) is 4.90 Å². The number of aryl methyl sites for hydroxylation is 1. The number of hydrogen-bond donors (Lipinski definition) is 1. The normalized spacial score (nSPS) is 11.3. The Morgan fingerprint density at radius 3 is 2.48 bits per heavy atom. The lowest BCUT2D eigenvalue weighted by Gasteiger charge is -2.08. The summed E-state index contributed by atoms with van der Waals surface area (Å²) in [5.74, 6) is 0.115. The van der Waals surface area contributed by atoms with Gasteiger partial charge in [0.2, 0.25) is 5.76 Å². The third-order valence-corrected chi connectivity index (χ3v) is 5.56. The first-order valence-electron chi connectivity index (χ1n) is 9.13. The zero-order valence-corrected chi connectivity index (χ0v) is 17.4. The average molecular weight is 435 g/mol. The minimum Gasteiger partial charge on any atom is -0.438 e. The number of rotatable bonds is 5. The van der Waals surface area contributed by atoms with Gasteiger partial charge in [-0.15, -0.1) is 0 Å². The van der Waals surface area contributed by atoms with Crippen molar-refractivity contribution in [3.8, 4) is 22.8 Å². The third kappa shape index (κ3) is 4.33. The van der Waals surface area contributed by atoms with Crippen molar-refractivity contribution in [2.75, 3.05) is 11.6 Å². The van der Waals surface area contributed by atoms with Crippen LogP contribution in [0.2, 0.25) is 0 Å². The van der Waals surface area contributed by atoms with Gasteiger partial charge in [-0.3, -0.25) is 9.78 Å². The summed E-state index contributed by atoms with van der Waals surface area (Å²) in [7, 11) is -3.33. The third-order valence-electron chi connectivity index (χ3n) is 4.43. The zero-order chi connectivity index (χ0) is 22.0. The van der Waals surface area contributed by atoms with Crippen molar-refractivity contribution in [2.45, 2.75) is 11.8 Å². The van der Waals surface area contributed by atoms with Crippen molar-refractivity contribution in [2.24, 2.45) is 0 Å². The van der Waals surface area contributed by atoms with Gasteiger partial charge in [0.25, 0.3) is 5.91 Å². The predicted molar refractivity (Wildman–Crippen MR) is 113 cm³/mol. The van der Waals surface area contributed by atoms with Crippen LogP contribution in [0.25, 0.3) is 22.8 Å². The highest BCUT2D eigenvalue weighted by Crippen LogP contribution is 2.25.